The number of nitrogens with one attached hydrogen (secondary N) is 2. The molecule has 0 spiro atoms. The predicted molar refractivity (Wildman–Crippen MR) is 63.5 cm³/mol. The van der Waals surface area contributed by atoms with Gasteiger partial charge in [-0.2, -0.15) is 0 Å². The molecule has 1 saturated carbocycles. The van der Waals surface area contributed by atoms with Crippen LogP contribution in [0.4, 0.5) is 5.82 Å². The Hall–Kier alpha value is -1.58. The van der Waals surface area contributed by atoms with Crippen LogP contribution in [0.5, 0.6) is 0 Å². The number of hydrogen-bond acceptors (Lipinski definition) is 3. The van der Waals surface area contributed by atoms with E-state index >= 15 is 0 Å². The van der Waals surface area contributed by atoms with Gasteiger partial charge in [-0.15, -0.1) is 0 Å². The molecular weight excluding hydrogens is 202 g/mol. The molecule has 1 heterocycles. The van der Waals surface area contributed by atoms with E-state index in [-0.39, 0.29) is 5.91 Å². The molecule has 0 atom stereocenters. The highest BCUT2D eigenvalue weighted by Crippen LogP contribution is 2.18. The lowest BCUT2D eigenvalue weighted by molar-refractivity contribution is 0.0937. The van der Waals surface area contributed by atoms with E-state index < -0.39 is 0 Å². The van der Waals surface area contributed by atoms with Crippen LogP contribution < -0.4 is 10.6 Å². The van der Waals surface area contributed by atoms with Crippen molar-refractivity contribution in [1.29, 1.82) is 0 Å². The Balaban J connectivity index is 1.97. The molecule has 0 aromatic carbocycles. The minimum absolute atomic E-state index is 0.0120. The van der Waals surface area contributed by atoms with Gasteiger partial charge >= 0.3 is 0 Å². The Kier molecular flexibility index (Phi) is 3.39. The summed E-state index contributed by atoms with van der Waals surface area (Å²) >= 11 is 0. The Morgan fingerprint density at radius 2 is 2.12 bits per heavy atom. The molecule has 2 rings (SSSR count). The van der Waals surface area contributed by atoms with Crippen LogP contribution in [0.15, 0.2) is 18.3 Å². The lowest BCUT2D eigenvalue weighted by Crippen LogP contribution is -2.32. The van der Waals surface area contributed by atoms with Gasteiger partial charge in [-0.1, -0.05) is 12.8 Å². The summed E-state index contributed by atoms with van der Waals surface area (Å²) < 4.78 is 0. The van der Waals surface area contributed by atoms with Crippen LogP contribution in [0.3, 0.4) is 0 Å². The highest BCUT2D eigenvalue weighted by Gasteiger charge is 2.17. The number of amides is 1. The smallest absolute Gasteiger partial charge is 0.253 e. The van der Waals surface area contributed by atoms with Crippen LogP contribution in [-0.2, 0) is 0 Å². The molecule has 4 nitrogen and oxygen atoms in total. The van der Waals surface area contributed by atoms with Crippen molar-refractivity contribution in [3.8, 4) is 0 Å². The van der Waals surface area contributed by atoms with E-state index in [1.54, 1.807) is 19.3 Å². The van der Waals surface area contributed by atoms with Crippen LogP contribution in [0.1, 0.15) is 36.0 Å². The first-order chi connectivity index (χ1) is 7.79. The second-order valence-electron chi connectivity index (χ2n) is 4.14. The molecule has 0 radical (unpaired) electrons. The topological polar surface area (TPSA) is 54.0 Å². The van der Waals surface area contributed by atoms with E-state index in [9.17, 15) is 4.79 Å². The number of rotatable bonds is 3. The van der Waals surface area contributed by atoms with Crippen LogP contribution in [-0.4, -0.2) is 24.0 Å². The number of carbonyl (C=O) groups is 1. The van der Waals surface area contributed by atoms with Crippen LogP contribution in [0.25, 0.3) is 0 Å². The summed E-state index contributed by atoms with van der Waals surface area (Å²) in [5.41, 5.74) is 0.630. The average molecular weight is 219 g/mol. The molecule has 4 heteroatoms. The summed E-state index contributed by atoms with van der Waals surface area (Å²) in [5, 5.41) is 5.96. The zero-order valence-electron chi connectivity index (χ0n) is 9.49. The third kappa shape index (κ3) is 2.51. The maximum Gasteiger partial charge on any atom is 0.253 e. The van der Waals surface area contributed by atoms with Gasteiger partial charge in [0.1, 0.15) is 5.82 Å². The number of hydrogen-bond donors (Lipinski definition) is 2. The van der Waals surface area contributed by atoms with Crippen molar-refractivity contribution in [3.05, 3.63) is 23.9 Å². The van der Waals surface area contributed by atoms with Crippen molar-refractivity contribution >= 4 is 11.7 Å². The highest BCUT2D eigenvalue weighted by molar-refractivity contribution is 5.94. The van der Waals surface area contributed by atoms with E-state index in [0.29, 0.717) is 11.6 Å². The van der Waals surface area contributed by atoms with E-state index in [0.717, 1.165) is 18.7 Å². The molecule has 1 aliphatic rings. The molecule has 0 unspecified atom stereocenters. The summed E-state index contributed by atoms with van der Waals surface area (Å²) in [7, 11) is 1.81. The third-order valence-electron chi connectivity index (χ3n) is 2.97. The molecule has 1 aliphatic carbocycles. The number of nitrogens with zero attached hydrogens (tertiary/aromatic N) is 1. The molecule has 1 amide bonds. The van der Waals surface area contributed by atoms with Crippen molar-refractivity contribution in [3.63, 3.8) is 0 Å². The zero-order valence-corrected chi connectivity index (χ0v) is 9.49. The number of pyridine rings is 1. The van der Waals surface area contributed by atoms with Gasteiger partial charge in [0.25, 0.3) is 5.91 Å². The van der Waals surface area contributed by atoms with E-state index in [2.05, 4.69) is 15.6 Å². The average Bonchev–Trinajstić information content (AvgIpc) is 2.82. The maximum absolute atomic E-state index is 11.8. The lowest BCUT2D eigenvalue weighted by Gasteiger charge is -2.11. The third-order valence-corrected chi connectivity index (χ3v) is 2.97. The van der Waals surface area contributed by atoms with Crippen molar-refractivity contribution in [2.24, 2.45) is 0 Å². The lowest BCUT2D eigenvalue weighted by atomic mass is 10.2. The molecule has 1 fully saturated rings. The van der Waals surface area contributed by atoms with Crippen LogP contribution >= 0.6 is 0 Å². The van der Waals surface area contributed by atoms with Gasteiger partial charge in [-0.25, -0.2) is 4.98 Å². The second kappa shape index (κ2) is 4.96. The SMILES string of the molecule is CNc1ccc(C(=O)NC2CCCC2)cn1. The quantitative estimate of drug-likeness (QED) is 0.815. The summed E-state index contributed by atoms with van der Waals surface area (Å²) in [5.74, 6) is 0.763. The molecule has 16 heavy (non-hydrogen) atoms. The summed E-state index contributed by atoms with van der Waals surface area (Å²) in [6.07, 6.45) is 6.27. The minimum atomic E-state index is -0.0120. The molecule has 1 aromatic heterocycles. The standard InChI is InChI=1S/C12H17N3O/c1-13-11-7-6-9(8-14-11)12(16)15-10-4-2-3-5-10/h6-8,10H,2-5H2,1H3,(H,13,14)(H,15,16). The predicted octanol–water partition coefficient (Wildman–Crippen LogP) is 1.80. The summed E-state index contributed by atoms with van der Waals surface area (Å²) in [6, 6.07) is 3.96. The number of anilines is 1. The Morgan fingerprint density at radius 3 is 2.69 bits per heavy atom. The molecule has 0 saturated heterocycles. The van der Waals surface area contributed by atoms with Gasteiger partial charge in [-0.05, 0) is 25.0 Å². The number of aromatic nitrogens is 1. The van der Waals surface area contributed by atoms with Gasteiger partial charge in [0.2, 0.25) is 0 Å². The Morgan fingerprint density at radius 1 is 1.38 bits per heavy atom. The summed E-state index contributed by atoms with van der Waals surface area (Å²) in [4.78, 5) is 15.9. The van der Waals surface area contributed by atoms with Crippen molar-refractivity contribution in [1.82, 2.24) is 10.3 Å². The van der Waals surface area contributed by atoms with E-state index in [4.69, 9.17) is 0 Å². The molecule has 1 aromatic rings. The van der Waals surface area contributed by atoms with Crippen molar-refractivity contribution in [2.75, 3.05) is 12.4 Å². The Labute approximate surface area is 95.5 Å². The fraction of sp³-hybridized carbons (Fsp3) is 0.500. The summed E-state index contributed by atoms with van der Waals surface area (Å²) in [6.45, 7) is 0. The first-order valence-corrected chi connectivity index (χ1v) is 5.74. The van der Waals surface area contributed by atoms with E-state index in [1.807, 2.05) is 6.07 Å². The number of carbonyl (C=O) groups excluding carboxylic acids is 1. The van der Waals surface area contributed by atoms with Gasteiger partial charge in [0.05, 0.1) is 5.56 Å². The molecule has 0 bridgehead atoms. The van der Waals surface area contributed by atoms with Gasteiger partial charge in [0.15, 0.2) is 0 Å². The van der Waals surface area contributed by atoms with Gasteiger partial charge < -0.3 is 10.6 Å². The monoisotopic (exact) mass is 219 g/mol. The molecular formula is C12H17N3O. The van der Waals surface area contributed by atoms with Gasteiger partial charge in [0, 0.05) is 19.3 Å². The van der Waals surface area contributed by atoms with Crippen molar-refractivity contribution in [2.45, 2.75) is 31.7 Å². The largest absolute Gasteiger partial charge is 0.373 e. The van der Waals surface area contributed by atoms with Gasteiger partial charge in [-0.3, -0.25) is 4.79 Å². The molecule has 0 aliphatic heterocycles. The Bertz CT molecular complexity index is 355. The second-order valence-corrected chi connectivity index (χ2v) is 4.14. The first-order valence-electron chi connectivity index (χ1n) is 5.74. The van der Waals surface area contributed by atoms with E-state index in [1.165, 1.54) is 12.8 Å². The fourth-order valence-corrected chi connectivity index (χ4v) is 2.01. The maximum atomic E-state index is 11.8. The minimum Gasteiger partial charge on any atom is -0.373 e. The highest BCUT2D eigenvalue weighted by atomic mass is 16.1. The van der Waals surface area contributed by atoms with Crippen LogP contribution in [0.2, 0.25) is 0 Å². The van der Waals surface area contributed by atoms with Crippen LogP contribution in [0, 0.1) is 0 Å². The first kappa shape index (κ1) is 10.9. The van der Waals surface area contributed by atoms with Crippen molar-refractivity contribution < 1.29 is 4.79 Å². The zero-order chi connectivity index (χ0) is 11.4. The molecule has 2 N–H and O–H groups in total. The molecule has 86 valence electrons. The fourth-order valence-electron chi connectivity index (χ4n) is 2.01. The normalized spacial score (nSPS) is 16.1.